The summed E-state index contributed by atoms with van der Waals surface area (Å²) in [5.74, 6) is 0.139. The molecule has 0 unspecified atom stereocenters. The summed E-state index contributed by atoms with van der Waals surface area (Å²) in [7, 11) is 1.92. The summed E-state index contributed by atoms with van der Waals surface area (Å²) >= 11 is 0. The second kappa shape index (κ2) is 6.50. The number of amides is 1. The lowest BCUT2D eigenvalue weighted by Gasteiger charge is -2.39. The molecule has 6 nitrogen and oxygen atoms in total. The second-order valence-electron chi connectivity index (χ2n) is 7.30. The van der Waals surface area contributed by atoms with Gasteiger partial charge in [0.15, 0.2) is 0 Å². The van der Waals surface area contributed by atoms with E-state index in [1.807, 2.05) is 34.8 Å². The second-order valence-corrected chi connectivity index (χ2v) is 7.30. The molecule has 0 radical (unpaired) electrons. The first-order valence-corrected chi connectivity index (χ1v) is 9.03. The smallest absolute Gasteiger partial charge is 0.270 e. The van der Waals surface area contributed by atoms with E-state index in [1.54, 1.807) is 0 Å². The highest BCUT2D eigenvalue weighted by Gasteiger charge is 2.45. The van der Waals surface area contributed by atoms with Gasteiger partial charge in [0, 0.05) is 45.5 Å². The van der Waals surface area contributed by atoms with E-state index < -0.39 is 0 Å². The minimum Gasteiger partial charge on any atom is -0.379 e. The number of morpholine rings is 1. The topological polar surface area (TPSA) is 46.9 Å². The van der Waals surface area contributed by atoms with Crippen LogP contribution >= 0.6 is 0 Å². The highest BCUT2D eigenvalue weighted by atomic mass is 16.5. The number of rotatable bonds is 2. The number of piperidine rings is 1. The third kappa shape index (κ3) is 2.98. The highest BCUT2D eigenvalue weighted by Crippen LogP contribution is 2.38. The lowest BCUT2D eigenvalue weighted by Crippen LogP contribution is -2.48. The van der Waals surface area contributed by atoms with Crippen LogP contribution in [0.25, 0.3) is 0 Å². The van der Waals surface area contributed by atoms with Crippen LogP contribution in [0.2, 0.25) is 0 Å². The van der Waals surface area contributed by atoms with E-state index in [9.17, 15) is 4.79 Å². The van der Waals surface area contributed by atoms with Crippen molar-refractivity contribution in [3.8, 4) is 0 Å². The molecule has 3 aliphatic rings. The van der Waals surface area contributed by atoms with Crippen molar-refractivity contribution in [1.29, 1.82) is 0 Å². The molecule has 24 heavy (non-hydrogen) atoms. The molecule has 3 saturated heterocycles. The lowest BCUT2D eigenvalue weighted by molar-refractivity contribution is -0.0402. The third-order valence-corrected chi connectivity index (χ3v) is 5.88. The van der Waals surface area contributed by atoms with E-state index in [0.717, 1.165) is 71.0 Å². The van der Waals surface area contributed by atoms with Gasteiger partial charge < -0.3 is 18.9 Å². The summed E-state index contributed by atoms with van der Waals surface area (Å²) in [6.07, 6.45) is 4.92. The van der Waals surface area contributed by atoms with E-state index >= 15 is 0 Å². The number of hydrogen-bond donors (Lipinski definition) is 0. The molecule has 1 aromatic rings. The number of aryl methyl sites for hydroxylation is 1. The molecule has 6 heteroatoms. The van der Waals surface area contributed by atoms with E-state index in [4.69, 9.17) is 9.47 Å². The Labute approximate surface area is 143 Å². The van der Waals surface area contributed by atoms with Crippen molar-refractivity contribution in [3.63, 3.8) is 0 Å². The zero-order valence-electron chi connectivity index (χ0n) is 14.4. The van der Waals surface area contributed by atoms with Gasteiger partial charge in [-0.3, -0.25) is 9.69 Å². The Morgan fingerprint density at radius 1 is 1.21 bits per heavy atom. The number of likely N-dealkylation sites (tertiary alicyclic amines) is 1. The monoisotopic (exact) mass is 333 g/mol. The Morgan fingerprint density at radius 2 is 1.96 bits per heavy atom. The maximum Gasteiger partial charge on any atom is 0.270 e. The van der Waals surface area contributed by atoms with Gasteiger partial charge in [-0.1, -0.05) is 0 Å². The van der Waals surface area contributed by atoms with Gasteiger partial charge in [-0.25, -0.2) is 0 Å². The van der Waals surface area contributed by atoms with Gasteiger partial charge in [0.25, 0.3) is 5.91 Å². The van der Waals surface area contributed by atoms with Crippen molar-refractivity contribution in [2.24, 2.45) is 7.05 Å². The Balaban J connectivity index is 1.34. The predicted octanol–water partition coefficient (Wildman–Crippen LogP) is 1.12. The molecule has 4 rings (SSSR count). The van der Waals surface area contributed by atoms with Crippen LogP contribution in [0, 0.1) is 0 Å². The summed E-state index contributed by atoms with van der Waals surface area (Å²) in [6, 6.07) is 4.34. The highest BCUT2D eigenvalue weighted by molar-refractivity contribution is 5.92. The van der Waals surface area contributed by atoms with Crippen molar-refractivity contribution < 1.29 is 14.3 Å². The van der Waals surface area contributed by atoms with Crippen LogP contribution in [0.5, 0.6) is 0 Å². The van der Waals surface area contributed by atoms with Crippen molar-refractivity contribution in [2.75, 3.05) is 46.0 Å². The van der Waals surface area contributed by atoms with Crippen LogP contribution in [-0.2, 0) is 16.5 Å². The zero-order chi connectivity index (χ0) is 16.6. The Kier molecular flexibility index (Phi) is 4.37. The van der Waals surface area contributed by atoms with Crippen LogP contribution in [0.15, 0.2) is 18.3 Å². The van der Waals surface area contributed by atoms with Gasteiger partial charge in [-0.2, -0.15) is 0 Å². The molecule has 1 atom stereocenters. The fourth-order valence-corrected chi connectivity index (χ4v) is 4.31. The molecule has 0 aliphatic carbocycles. The van der Waals surface area contributed by atoms with Crippen LogP contribution in [0.3, 0.4) is 0 Å². The Bertz CT molecular complexity index is 586. The first-order chi connectivity index (χ1) is 11.7. The number of carbonyl (C=O) groups excluding carboxylic acids is 1. The van der Waals surface area contributed by atoms with Crippen LogP contribution < -0.4 is 0 Å². The molecule has 1 amide bonds. The lowest BCUT2D eigenvalue weighted by atomic mass is 9.87. The Hall–Kier alpha value is -1.37. The average molecular weight is 333 g/mol. The first kappa shape index (κ1) is 16.1. The summed E-state index contributed by atoms with van der Waals surface area (Å²) in [5, 5.41) is 0. The van der Waals surface area contributed by atoms with Crippen molar-refractivity contribution in [3.05, 3.63) is 24.0 Å². The molecule has 1 spiro atoms. The minimum absolute atomic E-state index is 0.0199. The van der Waals surface area contributed by atoms with Gasteiger partial charge >= 0.3 is 0 Å². The number of aromatic nitrogens is 1. The largest absolute Gasteiger partial charge is 0.379 e. The van der Waals surface area contributed by atoms with Crippen molar-refractivity contribution in [1.82, 2.24) is 14.4 Å². The Morgan fingerprint density at radius 3 is 2.62 bits per heavy atom. The number of ether oxygens (including phenoxy) is 2. The minimum atomic E-state index is -0.0199. The molecule has 1 aromatic heterocycles. The molecular formula is C18H27N3O3. The van der Waals surface area contributed by atoms with E-state index in [-0.39, 0.29) is 11.5 Å². The van der Waals surface area contributed by atoms with Crippen molar-refractivity contribution in [2.45, 2.75) is 30.9 Å². The van der Waals surface area contributed by atoms with E-state index in [2.05, 4.69) is 4.90 Å². The standard InChI is InChI=1S/C18H27N3O3/c1-19-6-2-3-16(19)17(22)21-7-4-18(5-8-21)13-15(14-24-18)20-9-11-23-12-10-20/h2-3,6,15H,4-5,7-14H2,1H3/t15-/m0/s1. The molecule has 0 N–H and O–H groups in total. The normalized spacial score (nSPS) is 27.7. The van der Waals surface area contributed by atoms with Gasteiger partial charge in [0.05, 0.1) is 25.4 Å². The fourth-order valence-electron chi connectivity index (χ4n) is 4.31. The maximum atomic E-state index is 12.6. The predicted molar refractivity (Wildman–Crippen MR) is 90.0 cm³/mol. The summed E-state index contributed by atoms with van der Waals surface area (Å²) in [5.41, 5.74) is 0.748. The molecule has 3 aliphatic heterocycles. The van der Waals surface area contributed by atoms with Gasteiger partial charge in [-0.15, -0.1) is 0 Å². The number of carbonyl (C=O) groups is 1. The number of hydrogen-bond acceptors (Lipinski definition) is 4. The molecular weight excluding hydrogens is 306 g/mol. The first-order valence-electron chi connectivity index (χ1n) is 9.03. The third-order valence-electron chi connectivity index (χ3n) is 5.88. The fraction of sp³-hybridized carbons (Fsp3) is 0.722. The molecule has 0 saturated carbocycles. The van der Waals surface area contributed by atoms with Gasteiger partial charge in [-0.05, 0) is 31.4 Å². The SMILES string of the molecule is Cn1cccc1C(=O)N1CCC2(CC1)C[C@H](N1CCOCC1)CO2. The van der Waals surface area contributed by atoms with Crippen LogP contribution in [0.4, 0.5) is 0 Å². The zero-order valence-corrected chi connectivity index (χ0v) is 14.4. The van der Waals surface area contributed by atoms with Gasteiger partial charge in [0.1, 0.15) is 5.69 Å². The summed E-state index contributed by atoms with van der Waals surface area (Å²) in [4.78, 5) is 17.1. The molecule has 3 fully saturated rings. The van der Waals surface area contributed by atoms with Crippen molar-refractivity contribution >= 4 is 5.91 Å². The van der Waals surface area contributed by atoms with E-state index in [1.165, 1.54) is 0 Å². The quantitative estimate of drug-likeness (QED) is 0.814. The molecule has 0 aromatic carbocycles. The maximum absolute atomic E-state index is 12.6. The molecule has 0 bridgehead atoms. The van der Waals surface area contributed by atoms with Crippen LogP contribution in [0.1, 0.15) is 29.8 Å². The molecule has 4 heterocycles. The van der Waals surface area contributed by atoms with Gasteiger partial charge in [0.2, 0.25) is 0 Å². The van der Waals surface area contributed by atoms with Crippen LogP contribution in [-0.4, -0.2) is 77.9 Å². The van der Waals surface area contributed by atoms with E-state index in [0.29, 0.717) is 6.04 Å². The summed E-state index contributed by atoms with van der Waals surface area (Å²) < 4.78 is 13.6. The summed E-state index contributed by atoms with van der Waals surface area (Å²) in [6.45, 7) is 6.11. The number of nitrogens with zero attached hydrogens (tertiary/aromatic N) is 3. The average Bonchev–Trinajstić information content (AvgIpc) is 3.23. The molecule has 132 valence electrons.